The highest BCUT2D eigenvalue weighted by molar-refractivity contribution is 5.93. The lowest BCUT2D eigenvalue weighted by molar-refractivity contribution is 0.683. The Labute approximate surface area is 138 Å². The van der Waals surface area contributed by atoms with E-state index >= 15 is 0 Å². The van der Waals surface area contributed by atoms with Crippen LogP contribution in [0.15, 0.2) is 36.5 Å². The summed E-state index contributed by atoms with van der Waals surface area (Å²) < 4.78 is 2.40. The number of nitrogens with one attached hydrogen (secondary N) is 1. The van der Waals surface area contributed by atoms with E-state index < -0.39 is 0 Å². The number of nitrogens with zero attached hydrogens (tertiary/aromatic N) is 2. The Morgan fingerprint density at radius 3 is 2.61 bits per heavy atom. The van der Waals surface area contributed by atoms with E-state index in [1.54, 1.807) is 0 Å². The van der Waals surface area contributed by atoms with Crippen LogP contribution in [0.3, 0.4) is 0 Å². The van der Waals surface area contributed by atoms with E-state index in [0.29, 0.717) is 0 Å². The van der Waals surface area contributed by atoms with Gasteiger partial charge in [0, 0.05) is 30.4 Å². The molecular formula is C20H25N3. The van der Waals surface area contributed by atoms with Crippen LogP contribution in [0.25, 0.3) is 10.9 Å². The summed E-state index contributed by atoms with van der Waals surface area (Å²) in [5.41, 5.74) is 6.55. The van der Waals surface area contributed by atoms with E-state index in [2.05, 4.69) is 72.9 Å². The number of aromatic nitrogens is 2. The Morgan fingerprint density at radius 1 is 1.09 bits per heavy atom. The molecule has 0 amide bonds. The fourth-order valence-corrected chi connectivity index (χ4v) is 3.21. The van der Waals surface area contributed by atoms with Gasteiger partial charge in [-0.2, -0.15) is 0 Å². The van der Waals surface area contributed by atoms with Gasteiger partial charge in [-0.15, -0.1) is 0 Å². The Hall–Kier alpha value is -2.29. The highest BCUT2D eigenvalue weighted by Crippen LogP contribution is 2.30. The summed E-state index contributed by atoms with van der Waals surface area (Å²) in [6.45, 7) is 10.6. The number of anilines is 1. The molecule has 120 valence electrons. The second-order valence-electron chi connectivity index (χ2n) is 6.20. The standard InChI is InChI=1S/C20H25N3/c1-5-12-23-16(4)15(3)18-10-11-21-20(19(18)23)22-13-17-9-7-6-8-14(17)2/h6-11H,5,12-13H2,1-4H3,(H,21,22). The molecule has 0 unspecified atom stereocenters. The predicted octanol–water partition coefficient (Wildman–Crippen LogP) is 4.98. The fourth-order valence-electron chi connectivity index (χ4n) is 3.21. The van der Waals surface area contributed by atoms with Crippen LogP contribution < -0.4 is 5.32 Å². The third kappa shape index (κ3) is 2.83. The molecule has 3 nitrogen and oxygen atoms in total. The Kier molecular flexibility index (Phi) is 4.37. The van der Waals surface area contributed by atoms with E-state index in [0.717, 1.165) is 25.3 Å². The van der Waals surface area contributed by atoms with Gasteiger partial charge in [0.1, 0.15) is 0 Å². The first kappa shape index (κ1) is 15.6. The van der Waals surface area contributed by atoms with Gasteiger partial charge in [0.2, 0.25) is 0 Å². The van der Waals surface area contributed by atoms with E-state index in [9.17, 15) is 0 Å². The summed E-state index contributed by atoms with van der Waals surface area (Å²) in [5, 5.41) is 4.86. The molecule has 0 fully saturated rings. The maximum Gasteiger partial charge on any atom is 0.150 e. The molecule has 3 heteroatoms. The molecule has 1 N–H and O–H groups in total. The molecule has 0 atom stereocenters. The van der Waals surface area contributed by atoms with Gasteiger partial charge >= 0.3 is 0 Å². The number of fused-ring (bicyclic) bond motifs is 1. The van der Waals surface area contributed by atoms with Crippen molar-refractivity contribution >= 4 is 16.7 Å². The molecule has 0 aliphatic rings. The highest BCUT2D eigenvalue weighted by Gasteiger charge is 2.14. The maximum absolute atomic E-state index is 4.62. The fraction of sp³-hybridized carbons (Fsp3) is 0.350. The number of hydrogen-bond donors (Lipinski definition) is 1. The van der Waals surface area contributed by atoms with Crippen molar-refractivity contribution in [1.29, 1.82) is 0 Å². The summed E-state index contributed by atoms with van der Waals surface area (Å²) in [7, 11) is 0. The van der Waals surface area contributed by atoms with Crippen LogP contribution in [-0.2, 0) is 13.1 Å². The number of rotatable bonds is 5. The predicted molar refractivity (Wildman–Crippen MR) is 98.0 cm³/mol. The molecule has 1 aromatic carbocycles. The average molecular weight is 307 g/mol. The Morgan fingerprint density at radius 2 is 1.87 bits per heavy atom. The normalized spacial score (nSPS) is 11.1. The van der Waals surface area contributed by atoms with E-state index in [1.165, 1.54) is 33.3 Å². The van der Waals surface area contributed by atoms with Crippen molar-refractivity contribution in [3.05, 3.63) is 58.9 Å². The van der Waals surface area contributed by atoms with Crippen molar-refractivity contribution in [3.8, 4) is 0 Å². The molecule has 2 aromatic heterocycles. The number of hydrogen-bond acceptors (Lipinski definition) is 2. The van der Waals surface area contributed by atoms with Gasteiger partial charge in [-0.05, 0) is 49.9 Å². The minimum absolute atomic E-state index is 0.800. The first-order chi connectivity index (χ1) is 11.1. The van der Waals surface area contributed by atoms with E-state index in [-0.39, 0.29) is 0 Å². The van der Waals surface area contributed by atoms with Crippen molar-refractivity contribution in [2.45, 2.75) is 47.2 Å². The summed E-state index contributed by atoms with van der Waals surface area (Å²) in [6.07, 6.45) is 3.03. The molecule has 0 aliphatic carbocycles. The van der Waals surface area contributed by atoms with Gasteiger partial charge in [0.25, 0.3) is 0 Å². The minimum atomic E-state index is 0.800. The second-order valence-corrected chi connectivity index (χ2v) is 6.20. The van der Waals surface area contributed by atoms with E-state index in [1.807, 2.05) is 6.20 Å². The zero-order chi connectivity index (χ0) is 16.4. The zero-order valence-corrected chi connectivity index (χ0v) is 14.5. The van der Waals surface area contributed by atoms with Crippen molar-refractivity contribution < 1.29 is 0 Å². The summed E-state index contributed by atoms with van der Waals surface area (Å²) in [6, 6.07) is 10.6. The minimum Gasteiger partial charge on any atom is -0.364 e. The maximum atomic E-state index is 4.62. The van der Waals surface area contributed by atoms with Crippen LogP contribution in [0.4, 0.5) is 5.82 Å². The first-order valence-corrected chi connectivity index (χ1v) is 8.36. The molecular weight excluding hydrogens is 282 g/mol. The summed E-state index contributed by atoms with van der Waals surface area (Å²) in [5.74, 6) is 0.982. The lowest BCUT2D eigenvalue weighted by Crippen LogP contribution is -2.06. The van der Waals surface area contributed by atoms with E-state index in [4.69, 9.17) is 0 Å². The highest BCUT2D eigenvalue weighted by atomic mass is 15.1. The lowest BCUT2D eigenvalue weighted by Gasteiger charge is -2.12. The van der Waals surface area contributed by atoms with Crippen molar-refractivity contribution in [3.63, 3.8) is 0 Å². The zero-order valence-electron chi connectivity index (χ0n) is 14.5. The Balaban J connectivity index is 2.01. The Bertz CT molecular complexity index is 830. The van der Waals surface area contributed by atoms with Crippen molar-refractivity contribution in [1.82, 2.24) is 9.55 Å². The summed E-state index contributed by atoms with van der Waals surface area (Å²) in [4.78, 5) is 4.62. The van der Waals surface area contributed by atoms with Gasteiger partial charge < -0.3 is 9.88 Å². The topological polar surface area (TPSA) is 29.9 Å². The molecule has 3 rings (SSSR count). The van der Waals surface area contributed by atoms with Gasteiger partial charge in [-0.25, -0.2) is 4.98 Å². The van der Waals surface area contributed by atoms with Crippen LogP contribution in [0.2, 0.25) is 0 Å². The van der Waals surface area contributed by atoms with Gasteiger partial charge in [-0.3, -0.25) is 0 Å². The van der Waals surface area contributed by atoms with Crippen LogP contribution >= 0.6 is 0 Å². The molecule has 0 saturated heterocycles. The van der Waals surface area contributed by atoms with Crippen LogP contribution in [0, 0.1) is 20.8 Å². The monoisotopic (exact) mass is 307 g/mol. The molecule has 0 spiro atoms. The number of aryl methyl sites for hydroxylation is 3. The SMILES string of the molecule is CCCn1c(C)c(C)c2ccnc(NCc3ccccc3C)c21. The molecule has 0 radical (unpaired) electrons. The van der Waals surface area contributed by atoms with Crippen LogP contribution in [0.1, 0.15) is 35.7 Å². The number of pyridine rings is 1. The third-order valence-electron chi connectivity index (χ3n) is 4.70. The molecule has 3 aromatic rings. The van der Waals surface area contributed by atoms with Gasteiger partial charge in [-0.1, -0.05) is 31.2 Å². The van der Waals surface area contributed by atoms with Gasteiger partial charge in [0.05, 0.1) is 5.52 Å². The first-order valence-electron chi connectivity index (χ1n) is 8.36. The molecule has 0 saturated carbocycles. The third-order valence-corrected chi connectivity index (χ3v) is 4.70. The lowest BCUT2D eigenvalue weighted by atomic mass is 10.1. The van der Waals surface area contributed by atoms with Crippen molar-refractivity contribution in [2.24, 2.45) is 0 Å². The molecule has 0 bridgehead atoms. The quantitative estimate of drug-likeness (QED) is 0.720. The van der Waals surface area contributed by atoms with Crippen LogP contribution in [-0.4, -0.2) is 9.55 Å². The number of benzene rings is 1. The molecule has 23 heavy (non-hydrogen) atoms. The van der Waals surface area contributed by atoms with Crippen molar-refractivity contribution in [2.75, 3.05) is 5.32 Å². The van der Waals surface area contributed by atoms with Gasteiger partial charge in [0.15, 0.2) is 5.82 Å². The van der Waals surface area contributed by atoms with Crippen LogP contribution in [0.5, 0.6) is 0 Å². The summed E-state index contributed by atoms with van der Waals surface area (Å²) >= 11 is 0. The largest absolute Gasteiger partial charge is 0.364 e. The second kappa shape index (κ2) is 6.45. The molecule has 0 aliphatic heterocycles. The molecule has 2 heterocycles. The average Bonchev–Trinajstić information content (AvgIpc) is 2.80. The smallest absolute Gasteiger partial charge is 0.150 e.